The van der Waals surface area contributed by atoms with Crippen LogP contribution in [0.15, 0.2) is 24.3 Å². The topological polar surface area (TPSA) is 32.3 Å². The largest absolute Gasteiger partial charge is 0.336 e. The maximum Gasteiger partial charge on any atom is 0.322 e. The molecule has 0 radical (unpaired) electrons. The van der Waals surface area contributed by atoms with Gasteiger partial charge in [-0.1, -0.05) is 25.1 Å². The Kier molecular flexibility index (Phi) is 2.86. The zero-order valence-electron chi connectivity index (χ0n) is 10.0. The number of rotatable bonds is 1. The minimum absolute atomic E-state index is 0.00630. The molecule has 0 saturated heterocycles. The van der Waals surface area contributed by atoms with Gasteiger partial charge in [0.05, 0.1) is 0 Å². The molecule has 1 aliphatic heterocycles. The molecule has 0 saturated carbocycles. The van der Waals surface area contributed by atoms with Crippen molar-refractivity contribution in [2.45, 2.75) is 32.7 Å². The summed E-state index contributed by atoms with van der Waals surface area (Å²) < 4.78 is 0. The van der Waals surface area contributed by atoms with Crippen molar-refractivity contribution in [2.24, 2.45) is 0 Å². The fourth-order valence-corrected chi connectivity index (χ4v) is 2.14. The summed E-state index contributed by atoms with van der Waals surface area (Å²) in [7, 11) is 0. The number of fused-ring (bicyclic) bond motifs is 1. The van der Waals surface area contributed by atoms with Gasteiger partial charge in [-0.2, -0.15) is 0 Å². The molecule has 3 nitrogen and oxygen atoms in total. The van der Waals surface area contributed by atoms with Crippen LogP contribution in [0.4, 0.5) is 10.5 Å². The smallest absolute Gasteiger partial charge is 0.322 e. The van der Waals surface area contributed by atoms with Crippen LogP contribution in [0.5, 0.6) is 0 Å². The number of benzene rings is 1. The highest BCUT2D eigenvalue weighted by atomic mass is 16.2. The number of anilines is 1. The molecule has 1 aromatic rings. The lowest BCUT2D eigenvalue weighted by Crippen LogP contribution is -2.42. The van der Waals surface area contributed by atoms with E-state index in [0.29, 0.717) is 5.92 Å². The van der Waals surface area contributed by atoms with Gasteiger partial charge in [-0.15, -0.1) is 0 Å². The van der Waals surface area contributed by atoms with E-state index in [2.05, 4.69) is 18.3 Å². The number of hydrogen-bond donors (Lipinski definition) is 1. The maximum atomic E-state index is 12.0. The van der Waals surface area contributed by atoms with Crippen molar-refractivity contribution in [3.8, 4) is 0 Å². The second kappa shape index (κ2) is 4.16. The van der Waals surface area contributed by atoms with E-state index in [4.69, 9.17) is 0 Å². The zero-order chi connectivity index (χ0) is 11.7. The Balaban J connectivity index is 2.23. The van der Waals surface area contributed by atoms with Crippen LogP contribution in [-0.4, -0.2) is 18.6 Å². The Hall–Kier alpha value is -1.51. The number of carbonyl (C=O) groups is 1. The third-order valence-corrected chi connectivity index (χ3v) is 2.87. The highest BCUT2D eigenvalue weighted by Crippen LogP contribution is 2.35. The van der Waals surface area contributed by atoms with Gasteiger partial charge in [0.25, 0.3) is 0 Å². The highest BCUT2D eigenvalue weighted by molar-refractivity contribution is 5.94. The fraction of sp³-hybridized carbons (Fsp3) is 0.462. The van der Waals surface area contributed by atoms with E-state index in [0.717, 1.165) is 12.2 Å². The average molecular weight is 218 g/mol. The molecule has 3 heteroatoms. The molecule has 2 amide bonds. The Morgan fingerprint density at radius 3 is 2.81 bits per heavy atom. The molecule has 86 valence electrons. The van der Waals surface area contributed by atoms with Gasteiger partial charge < -0.3 is 5.32 Å². The van der Waals surface area contributed by atoms with E-state index in [1.807, 2.05) is 36.9 Å². The first-order valence-corrected chi connectivity index (χ1v) is 5.76. The van der Waals surface area contributed by atoms with Crippen LogP contribution in [-0.2, 0) is 0 Å². The van der Waals surface area contributed by atoms with Gasteiger partial charge >= 0.3 is 6.03 Å². The Labute approximate surface area is 96.5 Å². The number of carbonyl (C=O) groups excluding carboxylic acids is 1. The first-order valence-electron chi connectivity index (χ1n) is 5.76. The van der Waals surface area contributed by atoms with Crippen molar-refractivity contribution >= 4 is 11.7 Å². The molecule has 1 aromatic carbocycles. The molecule has 1 atom stereocenters. The third-order valence-electron chi connectivity index (χ3n) is 2.87. The van der Waals surface area contributed by atoms with E-state index in [1.54, 1.807) is 0 Å². The molecule has 1 N–H and O–H groups in total. The highest BCUT2D eigenvalue weighted by Gasteiger charge is 2.29. The number of hydrogen-bond acceptors (Lipinski definition) is 1. The number of amides is 2. The van der Waals surface area contributed by atoms with Gasteiger partial charge in [-0.25, -0.2) is 4.79 Å². The number of nitrogens with zero attached hydrogens (tertiary/aromatic N) is 1. The van der Waals surface area contributed by atoms with Gasteiger partial charge in [-0.05, 0) is 25.5 Å². The average Bonchev–Trinajstić information content (AvgIpc) is 2.56. The van der Waals surface area contributed by atoms with Gasteiger partial charge in [0.1, 0.15) is 0 Å². The SMILES string of the molecule is CC(C)NC(=O)N1CC(C)c2ccccc21. The van der Waals surface area contributed by atoms with Crippen LogP contribution >= 0.6 is 0 Å². The van der Waals surface area contributed by atoms with Gasteiger partial charge in [0.2, 0.25) is 0 Å². The quantitative estimate of drug-likeness (QED) is 0.772. The normalized spacial score (nSPS) is 18.8. The lowest BCUT2D eigenvalue weighted by molar-refractivity contribution is 0.244. The molecule has 1 heterocycles. The fourth-order valence-electron chi connectivity index (χ4n) is 2.14. The zero-order valence-corrected chi connectivity index (χ0v) is 10.0. The van der Waals surface area contributed by atoms with E-state index < -0.39 is 0 Å². The van der Waals surface area contributed by atoms with Crippen LogP contribution in [0.3, 0.4) is 0 Å². The van der Waals surface area contributed by atoms with Crippen molar-refractivity contribution < 1.29 is 4.79 Å². The molecule has 0 aromatic heterocycles. The van der Waals surface area contributed by atoms with Crippen molar-refractivity contribution in [3.05, 3.63) is 29.8 Å². The molecule has 0 aliphatic carbocycles. The van der Waals surface area contributed by atoms with Crippen molar-refractivity contribution in [3.63, 3.8) is 0 Å². The van der Waals surface area contributed by atoms with Crippen molar-refractivity contribution in [1.82, 2.24) is 5.32 Å². The summed E-state index contributed by atoms with van der Waals surface area (Å²) in [5.74, 6) is 0.425. The number of nitrogens with one attached hydrogen (secondary N) is 1. The molecule has 1 aliphatic rings. The lowest BCUT2D eigenvalue weighted by atomic mass is 10.0. The molecule has 0 fully saturated rings. The first kappa shape index (κ1) is 11.0. The summed E-state index contributed by atoms with van der Waals surface area (Å²) >= 11 is 0. The van der Waals surface area contributed by atoms with E-state index in [9.17, 15) is 4.79 Å². The predicted molar refractivity (Wildman–Crippen MR) is 65.9 cm³/mol. The maximum absolute atomic E-state index is 12.0. The molecular weight excluding hydrogens is 200 g/mol. The number of urea groups is 1. The Bertz CT molecular complexity index is 401. The molecule has 2 rings (SSSR count). The summed E-state index contributed by atoms with van der Waals surface area (Å²) in [4.78, 5) is 13.8. The lowest BCUT2D eigenvalue weighted by Gasteiger charge is -2.19. The summed E-state index contributed by atoms with van der Waals surface area (Å²) in [5, 5.41) is 2.93. The Morgan fingerprint density at radius 2 is 2.12 bits per heavy atom. The summed E-state index contributed by atoms with van der Waals surface area (Å²) in [5.41, 5.74) is 2.31. The first-order chi connectivity index (χ1) is 7.59. The summed E-state index contributed by atoms with van der Waals surface area (Å²) in [6.07, 6.45) is 0. The molecule has 16 heavy (non-hydrogen) atoms. The van der Waals surface area contributed by atoms with Crippen LogP contribution in [0.25, 0.3) is 0 Å². The predicted octanol–water partition coefficient (Wildman–Crippen LogP) is 2.73. The number of para-hydroxylation sites is 1. The molecule has 0 spiro atoms. The van der Waals surface area contributed by atoms with E-state index >= 15 is 0 Å². The van der Waals surface area contributed by atoms with Gasteiger partial charge in [-0.3, -0.25) is 4.90 Å². The van der Waals surface area contributed by atoms with Crippen LogP contribution < -0.4 is 10.2 Å². The monoisotopic (exact) mass is 218 g/mol. The molecular formula is C13H18N2O. The van der Waals surface area contributed by atoms with Crippen molar-refractivity contribution in [2.75, 3.05) is 11.4 Å². The standard InChI is InChI=1S/C13H18N2O/c1-9(2)14-13(16)15-8-10(3)11-6-4-5-7-12(11)15/h4-7,9-10H,8H2,1-3H3,(H,14,16). The minimum atomic E-state index is 0.00630. The molecule has 1 unspecified atom stereocenters. The summed E-state index contributed by atoms with van der Waals surface area (Å²) in [6, 6.07) is 8.30. The van der Waals surface area contributed by atoms with Crippen LogP contribution in [0, 0.1) is 0 Å². The van der Waals surface area contributed by atoms with Crippen LogP contribution in [0.1, 0.15) is 32.3 Å². The van der Waals surface area contributed by atoms with Crippen molar-refractivity contribution in [1.29, 1.82) is 0 Å². The Morgan fingerprint density at radius 1 is 1.44 bits per heavy atom. The third kappa shape index (κ3) is 1.90. The second-order valence-electron chi connectivity index (χ2n) is 4.67. The van der Waals surface area contributed by atoms with Gasteiger partial charge in [0.15, 0.2) is 0 Å². The summed E-state index contributed by atoms with van der Waals surface area (Å²) in [6.45, 7) is 6.88. The van der Waals surface area contributed by atoms with E-state index in [-0.39, 0.29) is 12.1 Å². The second-order valence-corrected chi connectivity index (χ2v) is 4.67. The van der Waals surface area contributed by atoms with Gasteiger partial charge in [0, 0.05) is 24.2 Å². The molecule has 0 bridgehead atoms. The van der Waals surface area contributed by atoms with E-state index in [1.165, 1.54) is 5.56 Å². The van der Waals surface area contributed by atoms with Crippen LogP contribution in [0.2, 0.25) is 0 Å². The minimum Gasteiger partial charge on any atom is -0.336 e.